The van der Waals surface area contributed by atoms with E-state index in [9.17, 15) is 8.42 Å². The molecule has 1 heterocycles. The maximum absolute atomic E-state index is 11.5. The molecule has 0 aliphatic carbocycles. The predicted octanol–water partition coefficient (Wildman–Crippen LogP) is 0.553. The quantitative estimate of drug-likeness (QED) is 0.766. The third-order valence-electron chi connectivity index (χ3n) is 3.14. The summed E-state index contributed by atoms with van der Waals surface area (Å²) in [6.45, 7) is 2.26. The predicted molar refractivity (Wildman–Crippen MR) is 73.2 cm³/mol. The summed E-state index contributed by atoms with van der Waals surface area (Å²) in [5.41, 5.74) is 1.25. The fraction of sp³-hybridized carbons (Fsp3) is 0.538. The highest BCUT2D eigenvalue weighted by Gasteiger charge is 2.23. The summed E-state index contributed by atoms with van der Waals surface area (Å²) in [5.74, 6) is 0.557. The van der Waals surface area contributed by atoms with Crippen molar-refractivity contribution >= 4 is 9.84 Å². The number of benzene rings is 1. The monoisotopic (exact) mass is 268 g/mol. The average Bonchev–Trinajstić information content (AvgIpc) is 2.35. The molecule has 1 atom stereocenters. The minimum atomic E-state index is -2.81. The Kier molecular flexibility index (Phi) is 4.74. The summed E-state index contributed by atoms with van der Waals surface area (Å²) in [6.07, 6.45) is 0.853. The minimum absolute atomic E-state index is 0.104. The third kappa shape index (κ3) is 4.40. The fourth-order valence-corrected chi connectivity index (χ4v) is 3.65. The fourth-order valence-electron chi connectivity index (χ4n) is 2.16. The van der Waals surface area contributed by atoms with Crippen LogP contribution in [-0.4, -0.2) is 39.1 Å². The highest BCUT2D eigenvalue weighted by atomic mass is 32.2. The molecule has 1 fully saturated rings. The molecule has 0 radical (unpaired) electrons. The van der Waals surface area contributed by atoms with Crippen LogP contribution in [0.1, 0.15) is 12.0 Å². The number of nitrogens with one attached hydrogen (secondary N) is 2. The molecule has 1 unspecified atom stereocenters. The molecule has 0 spiro atoms. The van der Waals surface area contributed by atoms with Crippen molar-refractivity contribution in [3.05, 3.63) is 35.9 Å². The maximum atomic E-state index is 11.5. The smallest absolute Gasteiger partial charge is 0.153 e. The molecule has 2 rings (SSSR count). The van der Waals surface area contributed by atoms with Crippen molar-refractivity contribution in [3.63, 3.8) is 0 Å². The van der Waals surface area contributed by atoms with Crippen LogP contribution in [-0.2, 0) is 16.4 Å². The van der Waals surface area contributed by atoms with Gasteiger partial charge < -0.3 is 10.6 Å². The first-order valence-electron chi connectivity index (χ1n) is 6.34. The molecule has 0 saturated carbocycles. The van der Waals surface area contributed by atoms with Gasteiger partial charge in [-0.25, -0.2) is 8.42 Å². The molecule has 0 bridgehead atoms. The van der Waals surface area contributed by atoms with Crippen molar-refractivity contribution in [2.45, 2.75) is 19.0 Å². The van der Waals surface area contributed by atoms with E-state index in [2.05, 4.69) is 22.8 Å². The van der Waals surface area contributed by atoms with E-state index >= 15 is 0 Å². The molecule has 1 saturated heterocycles. The standard InChI is InChI=1S/C13H20N2O2S/c16-18(17)9-8-15-13(11-18)6-7-14-10-12-4-2-1-3-5-12/h1-5,13-15H,6-11H2. The Bertz CT molecular complexity index is 459. The summed E-state index contributed by atoms with van der Waals surface area (Å²) in [4.78, 5) is 0. The van der Waals surface area contributed by atoms with Crippen molar-refractivity contribution in [1.82, 2.24) is 10.6 Å². The van der Waals surface area contributed by atoms with Crippen LogP contribution in [0.5, 0.6) is 0 Å². The van der Waals surface area contributed by atoms with E-state index in [0.29, 0.717) is 6.54 Å². The zero-order valence-corrected chi connectivity index (χ0v) is 11.2. The average molecular weight is 268 g/mol. The molecule has 1 aliphatic heterocycles. The van der Waals surface area contributed by atoms with Gasteiger partial charge in [-0.3, -0.25) is 0 Å². The molecule has 0 aromatic heterocycles. The first-order chi connectivity index (χ1) is 8.66. The Hall–Kier alpha value is -0.910. The van der Waals surface area contributed by atoms with Crippen molar-refractivity contribution < 1.29 is 8.42 Å². The van der Waals surface area contributed by atoms with Crippen molar-refractivity contribution in [2.24, 2.45) is 0 Å². The second-order valence-electron chi connectivity index (χ2n) is 4.72. The molecule has 5 heteroatoms. The molecular formula is C13H20N2O2S. The summed E-state index contributed by atoms with van der Waals surface area (Å²) < 4.78 is 22.9. The van der Waals surface area contributed by atoms with Gasteiger partial charge in [0.05, 0.1) is 11.5 Å². The van der Waals surface area contributed by atoms with E-state index in [-0.39, 0.29) is 17.5 Å². The van der Waals surface area contributed by atoms with Crippen molar-refractivity contribution in [2.75, 3.05) is 24.6 Å². The largest absolute Gasteiger partial charge is 0.313 e. The highest BCUT2D eigenvalue weighted by Crippen LogP contribution is 2.04. The first kappa shape index (κ1) is 13.5. The molecule has 4 nitrogen and oxygen atoms in total. The lowest BCUT2D eigenvalue weighted by Gasteiger charge is -2.23. The van der Waals surface area contributed by atoms with E-state index in [1.165, 1.54) is 5.56 Å². The third-order valence-corrected chi connectivity index (χ3v) is 4.88. The van der Waals surface area contributed by atoms with Gasteiger partial charge in [-0.05, 0) is 18.5 Å². The summed E-state index contributed by atoms with van der Waals surface area (Å²) >= 11 is 0. The number of rotatable bonds is 5. The Balaban J connectivity index is 1.67. The SMILES string of the molecule is O=S1(=O)CCNC(CCNCc2ccccc2)C1. The normalized spacial score (nSPS) is 22.8. The van der Waals surface area contributed by atoms with E-state index < -0.39 is 9.84 Å². The van der Waals surface area contributed by atoms with E-state index in [1.807, 2.05) is 18.2 Å². The molecular weight excluding hydrogens is 248 g/mol. The van der Waals surface area contributed by atoms with E-state index in [0.717, 1.165) is 19.5 Å². The maximum Gasteiger partial charge on any atom is 0.153 e. The lowest BCUT2D eigenvalue weighted by Crippen LogP contribution is -2.46. The Morgan fingerprint density at radius 1 is 1.28 bits per heavy atom. The Labute approximate surface area is 109 Å². The van der Waals surface area contributed by atoms with Crippen LogP contribution in [0.2, 0.25) is 0 Å². The topological polar surface area (TPSA) is 58.2 Å². The summed E-state index contributed by atoms with van der Waals surface area (Å²) in [6, 6.07) is 10.3. The molecule has 100 valence electrons. The van der Waals surface area contributed by atoms with Gasteiger partial charge in [-0.15, -0.1) is 0 Å². The van der Waals surface area contributed by atoms with Crippen molar-refractivity contribution in [3.8, 4) is 0 Å². The highest BCUT2D eigenvalue weighted by molar-refractivity contribution is 7.91. The second kappa shape index (κ2) is 6.31. The lowest BCUT2D eigenvalue weighted by molar-refractivity contribution is 0.479. The Morgan fingerprint density at radius 2 is 2.06 bits per heavy atom. The minimum Gasteiger partial charge on any atom is -0.313 e. The number of sulfone groups is 1. The van der Waals surface area contributed by atoms with Gasteiger partial charge in [0, 0.05) is 19.1 Å². The number of hydrogen-bond donors (Lipinski definition) is 2. The summed E-state index contributed by atoms with van der Waals surface area (Å²) in [7, 11) is -2.81. The molecule has 2 N–H and O–H groups in total. The van der Waals surface area contributed by atoms with Crippen LogP contribution in [0.15, 0.2) is 30.3 Å². The van der Waals surface area contributed by atoms with Crippen LogP contribution in [0, 0.1) is 0 Å². The van der Waals surface area contributed by atoms with Gasteiger partial charge in [-0.1, -0.05) is 30.3 Å². The number of hydrogen-bond acceptors (Lipinski definition) is 4. The van der Waals surface area contributed by atoms with Crippen LogP contribution in [0.3, 0.4) is 0 Å². The molecule has 0 amide bonds. The van der Waals surface area contributed by atoms with Gasteiger partial charge in [-0.2, -0.15) is 0 Å². The van der Waals surface area contributed by atoms with Crippen molar-refractivity contribution in [1.29, 1.82) is 0 Å². The van der Waals surface area contributed by atoms with E-state index in [1.54, 1.807) is 0 Å². The van der Waals surface area contributed by atoms with Gasteiger partial charge in [0.2, 0.25) is 0 Å². The lowest BCUT2D eigenvalue weighted by atomic mass is 10.2. The van der Waals surface area contributed by atoms with Gasteiger partial charge >= 0.3 is 0 Å². The van der Waals surface area contributed by atoms with Crippen LogP contribution >= 0.6 is 0 Å². The zero-order valence-electron chi connectivity index (χ0n) is 10.4. The molecule has 1 aliphatic rings. The van der Waals surface area contributed by atoms with Gasteiger partial charge in [0.15, 0.2) is 9.84 Å². The van der Waals surface area contributed by atoms with Crippen LogP contribution in [0.4, 0.5) is 0 Å². The molecule has 18 heavy (non-hydrogen) atoms. The second-order valence-corrected chi connectivity index (χ2v) is 6.95. The summed E-state index contributed by atoms with van der Waals surface area (Å²) in [5, 5.41) is 6.60. The molecule has 1 aromatic carbocycles. The zero-order chi connectivity index (χ0) is 12.8. The van der Waals surface area contributed by atoms with Gasteiger partial charge in [0.1, 0.15) is 0 Å². The van der Waals surface area contributed by atoms with Crippen LogP contribution < -0.4 is 10.6 Å². The first-order valence-corrected chi connectivity index (χ1v) is 8.16. The molecule has 1 aromatic rings. The van der Waals surface area contributed by atoms with Crippen LogP contribution in [0.25, 0.3) is 0 Å². The Morgan fingerprint density at radius 3 is 2.78 bits per heavy atom. The van der Waals surface area contributed by atoms with Gasteiger partial charge in [0.25, 0.3) is 0 Å². The van der Waals surface area contributed by atoms with E-state index in [4.69, 9.17) is 0 Å².